The number of nitrogens with one attached hydrogen (secondary N) is 1. The molecule has 0 aliphatic carbocycles. The summed E-state index contributed by atoms with van der Waals surface area (Å²) in [4.78, 5) is 2.73. The predicted molar refractivity (Wildman–Crippen MR) is 76.4 cm³/mol. The molecule has 19 heavy (non-hydrogen) atoms. The van der Waals surface area contributed by atoms with Gasteiger partial charge in [-0.2, -0.15) is 5.10 Å². The number of ether oxygens (including phenoxy) is 1. The van der Waals surface area contributed by atoms with Crippen molar-refractivity contribution >= 4 is 11.3 Å². The number of hydrogen-bond donors (Lipinski definition) is 1. The Morgan fingerprint density at radius 2 is 2.42 bits per heavy atom. The number of thiophene rings is 1. The van der Waals surface area contributed by atoms with Crippen LogP contribution in [0.4, 0.5) is 0 Å². The van der Waals surface area contributed by atoms with Crippen LogP contribution >= 0.6 is 11.3 Å². The van der Waals surface area contributed by atoms with Gasteiger partial charge in [0.1, 0.15) is 6.10 Å². The summed E-state index contributed by atoms with van der Waals surface area (Å²) < 4.78 is 7.71. The molecule has 1 N–H and O–H groups in total. The number of rotatable bonds is 4. The van der Waals surface area contributed by atoms with Crippen LogP contribution < -0.4 is 5.32 Å². The Balaban J connectivity index is 1.59. The zero-order valence-corrected chi connectivity index (χ0v) is 12.2. The van der Waals surface area contributed by atoms with E-state index in [2.05, 4.69) is 35.7 Å². The molecule has 2 aromatic rings. The SMILES string of the molecule is Cc1ccc(CNCC2OCCc3cn(C)nc32)s1. The highest BCUT2D eigenvalue weighted by molar-refractivity contribution is 7.11. The van der Waals surface area contributed by atoms with Crippen molar-refractivity contribution in [3.8, 4) is 0 Å². The van der Waals surface area contributed by atoms with Gasteiger partial charge in [-0.15, -0.1) is 11.3 Å². The topological polar surface area (TPSA) is 39.1 Å². The Kier molecular flexibility index (Phi) is 3.68. The summed E-state index contributed by atoms with van der Waals surface area (Å²) in [6.45, 7) is 4.66. The molecule has 3 heterocycles. The number of hydrogen-bond acceptors (Lipinski definition) is 4. The predicted octanol–water partition coefficient (Wildman–Crippen LogP) is 2.19. The first kappa shape index (κ1) is 12.8. The maximum Gasteiger partial charge on any atom is 0.114 e. The maximum absolute atomic E-state index is 5.83. The lowest BCUT2D eigenvalue weighted by atomic mass is 10.1. The van der Waals surface area contributed by atoms with Crippen molar-refractivity contribution in [1.82, 2.24) is 15.1 Å². The minimum absolute atomic E-state index is 0.0889. The van der Waals surface area contributed by atoms with Gasteiger partial charge in [0.2, 0.25) is 0 Å². The van der Waals surface area contributed by atoms with E-state index in [-0.39, 0.29) is 6.10 Å². The summed E-state index contributed by atoms with van der Waals surface area (Å²) in [5, 5.41) is 7.99. The second-order valence-corrected chi connectivity index (χ2v) is 6.34. The van der Waals surface area contributed by atoms with Crippen LogP contribution in [0.3, 0.4) is 0 Å². The lowest BCUT2D eigenvalue weighted by Crippen LogP contribution is -2.27. The van der Waals surface area contributed by atoms with Crippen LogP contribution in [0.15, 0.2) is 18.3 Å². The van der Waals surface area contributed by atoms with Gasteiger partial charge < -0.3 is 10.1 Å². The molecule has 0 bridgehead atoms. The van der Waals surface area contributed by atoms with Crippen molar-refractivity contribution in [3.63, 3.8) is 0 Å². The Morgan fingerprint density at radius 3 is 3.21 bits per heavy atom. The average molecular weight is 277 g/mol. The Bertz CT molecular complexity index is 561. The van der Waals surface area contributed by atoms with E-state index < -0.39 is 0 Å². The highest BCUT2D eigenvalue weighted by Gasteiger charge is 2.23. The Morgan fingerprint density at radius 1 is 1.53 bits per heavy atom. The molecule has 0 saturated carbocycles. The highest BCUT2D eigenvalue weighted by atomic mass is 32.1. The van der Waals surface area contributed by atoms with Gasteiger partial charge in [0.05, 0.1) is 12.3 Å². The van der Waals surface area contributed by atoms with Crippen molar-refractivity contribution in [2.24, 2.45) is 7.05 Å². The molecule has 1 aliphatic heterocycles. The summed E-state index contributed by atoms with van der Waals surface area (Å²) >= 11 is 1.84. The van der Waals surface area contributed by atoms with E-state index in [0.29, 0.717) is 0 Å². The van der Waals surface area contributed by atoms with Gasteiger partial charge >= 0.3 is 0 Å². The van der Waals surface area contributed by atoms with Crippen molar-refractivity contribution in [2.75, 3.05) is 13.2 Å². The van der Waals surface area contributed by atoms with E-state index in [1.807, 2.05) is 23.1 Å². The van der Waals surface area contributed by atoms with Crippen LogP contribution in [0.5, 0.6) is 0 Å². The minimum Gasteiger partial charge on any atom is -0.370 e. The molecule has 0 amide bonds. The Labute approximate surface area is 117 Å². The minimum atomic E-state index is 0.0889. The lowest BCUT2D eigenvalue weighted by molar-refractivity contribution is 0.0394. The summed E-state index contributed by atoms with van der Waals surface area (Å²) in [5.74, 6) is 0. The molecular weight excluding hydrogens is 258 g/mol. The molecule has 5 heteroatoms. The molecule has 3 rings (SSSR count). The fourth-order valence-electron chi connectivity index (χ4n) is 2.47. The van der Waals surface area contributed by atoms with Gasteiger partial charge in [0, 0.05) is 36.1 Å². The molecular formula is C14H19N3OS. The Hall–Kier alpha value is -1.17. The van der Waals surface area contributed by atoms with Crippen LogP contribution in [0.1, 0.15) is 27.1 Å². The molecule has 2 aromatic heterocycles. The average Bonchev–Trinajstić information content (AvgIpc) is 2.95. The van der Waals surface area contributed by atoms with Crippen LogP contribution in [-0.2, 0) is 24.8 Å². The van der Waals surface area contributed by atoms with Crippen LogP contribution in [0.2, 0.25) is 0 Å². The summed E-state index contributed by atoms with van der Waals surface area (Å²) in [7, 11) is 1.97. The normalized spacial score (nSPS) is 18.5. The number of aryl methyl sites for hydroxylation is 2. The first-order valence-electron chi connectivity index (χ1n) is 6.62. The molecule has 0 fully saturated rings. The number of aromatic nitrogens is 2. The monoisotopic (exact) mass is 277 g/mol. The molecule has 1 aliphatic rings. The molecule has 0 aromatic carbocycles. The second-order valence-electron chi connectivity index (χ2n) is 4.97. The number of fused-ring (bicyclic) bond motifs is 1. The molecule has 1 atom stereocenters. The van der Waals surface area contributed by atoms with Gasteiger partial charge in [-0.05, 0) is 31.0 Å². The number of nitrogens with zero attached hydrogens (tertiary/aromatic N) is 2. The molecule has 4 nitrogen and oxygen atoms in total. The first-order valence-corrected chi connectivity index (χ1v) is 7.44. The van der Waals surface area contributed by atoms with Crippen molar-refractivity contribution < 1.29 is 4.74 Å². The van der Waals surface area contributed by atoms with Crippen molar-refractivity contribution in [2.45, 2.75) is 26.0 Å². The van der Waals surface area contributed by atoms with E-state index in [1.165, 1.54) is 15.3 Å². The molecule has 1 unspecified atom stereocenters. The third-order valence-electron chi connectivity index (χ3n) is 3.36. The van der Waals surface area contributed by atoms with E-state index in [9.17, 15) is 0 Å². The quantitative estimate of drug-likeness (QED) is 0.931. The van der Waals surface area contributed by atoms with Crippen LogP contribution in [-0.4, -0.2) is 22.9 Å². The van der Waals surface area contributed by atoms with Crippen LogP contribution in [0.25, 0.3) is 0 Å². The molecule has 0 radical (unpaired) electrons. The first-order chi connectivity index (χ1) is 9.22. The lowest BCUT2D eigenvalue weighted by Gasteiger charge is -2.22. The summed E-state index contributed by atoms with van der Waals surface area (Å²) in [6.07, 6.45) is 3.17. The highest BCUT2D eigenvalue weighted by Crippen LogP contribution is 2.25. The van der Waals surface area contributed by atoms with E-state index >= 15 is 0 Å². The van der Waals surface area contributed by atoms with Crippen LogP contribution in [0, 0.1) is 6.92 Å². The fourth-order valence-corrected chi connectivity index (χ4v) is 3.33. The standard InChI is InChI=1S/C14H19N3OS/c1-10-3-4-12(19-10)7-15-8-13-14-11(5-6-18-13)9-17(2)16-14/h3-4,9,13,15H,5-8H2,1-2H3. The largest absolute Gasteiger partial charge is 0.370 e. The second kappa shape index (κ2) is 5.45. The molecule has 102 valence electrons. The van der Waals surface area contributed by atoms with Gasteiger partial charge in [-0.3, -0.25) is 4.68 Å². The third kappa shape index (κ3) is 2.88. The third-order valence-corrected chi connectivity index (χ3v) is 4.36. The van der Waals surface area contributed by atoms with E-state index in [0.717, 1.165) is 31.8 Å². The van der Waals surface area contributed by atoms with Gasteiger partial charge in [0.15, 0.2) is 0 Å². The van der Waals surface area contributed by atoms with Gasteiger partial charge in [0.25, 0.3) is 0 Å². The smallest absolute Gasteiger partial charge is 0.114 e. The summed E-state index contributed by atoms with van der Waals surface area (Å²) in [5.41, 5.74) is 2.43. The molecule has 0 spiro atoms. The molecule has 0 saturated heterocycles. The zero-order valence-electron chi connectivity index (χ0n) is 11.3. The van der Waals surface area contributed by atoms with E-state index in [1.54, 1.807) is 0 Å². The fraction of sp³-hybridized carbons (Fsp3) is 0.500. The van der Waals surface area contributed by atoms with Gasteiger partial charge in [-0.1, -0.05) is 0 Å². The zero-order chi connectivity index (χ0) is 13.2. The summed E-state index contributed by atoms with van der Waals surface area (Å²) in [6, 6.07) is 4.34. The van der Waals surface area contributed by atoms with Gasteiger partial charge in [-0.25, -0.2) is 0 Å². The van der Waals surface area contributed by atoms with Crippen molar-refractivity contribution in [3.05, 3.63) is 39.3 Å². The van der Waals surface area contributed by atoms with Crippen molar-refractivity contribution in [1.29, 1.82) is 0 Å². The van der Waals surface area contributed by atoms with E-state index in [4.69, 9.17) is 4.74 Å². The maximum atomic E-state index is 5.83.